The van der Waals surface area contributed by atoms with E-state index in [1.807, 2.05) is 27.7 Å². The first-order chi connectivity index (χ1) is 19.0. The molecule has 0 aromatic heterocycles. The molecule has 3 heterocycles. The Morgan fingerprint density at radius 3 is 2.25 bits per heavy atom. The van der Waals surface area contributed by atoms with Gasteiger partial charge >= 0.3 is 0 Å². The van der Waals surface area contributed by atoms with E-state index < -0.39 is 33.4 Å². The molecule has 1 spiro atoms. The van der Waals surface area contributed by atoms with Gasteiger partial charge in [-0.05, 0) is 81.1 Å². The molecule has 214 valence electrons. The number of thioether (sulfide) groups is 1. The molecule has 2 aromatic rings. The van der Waals surface area contributed by atoms with Crippen LogP contribution in [-0.4, -0.2) is 62.5 Å². The smallest absolute Gasteiger partial charge is 0.248 e. The molecular formula is C30H36ClN3O5S. The van der Waals surface area contributed by atoms with Crippen molar-refractivity contribution in [1.82, 2.24) is 4.90 Å². The Hall–Kier alpha value is -2.75. The fourth-order valence-corrected chi connectivity index (χ4v) is 9.28. The lowest BCUT2D eigenvalue weighted by molar-refractivity contribution is -0.142. The number of aliphatic hydroxyl groups is 1. The molecule has 3 N–H and O–H groups in total. The third kappa shape index (κ3) is 4.76. The van der Waals surface area contributed by atoms with Crippen molar-refractivity contribution >= 4 is 52.5 Å². The summed E-state index contributed by atoms with van der Waals surface area (Å²) < 4.78 is 4.21. The highest BCUT2D eigenvalue weighted by Gasteiger charge is 2.77. The van der Waals surface area contributed by atoms with Gasteiger partial charge in [0, 0.05) is 21.1 Å². The highest BCUT2D eigenvalue weighted by Crippen LogP contribution is 2.71. The fraction of sp³-hybridized carbons (Fsp3) is 0.500. The van der Waals surface area contributed by atoms with Gasteiger partial charge in [-0.25, -0.2) is 0 Å². The van der Waals surface area contributed by atoms with Crippen LogP contribution in [0.3, 0.4) is 0 Å². The van der Waals surface area contributed by atoms with Crippen molar-refractivity contribution in [3.63, 3.8) is 0 Å². The third-order valence-electron chi connectivity index (χ3n) is 8.60. The number of fused-ring (bicyclic) bond motifs is 1. The number of benzene rings is 2. The first kappa shape index (κ1) is 28.8. The van der Waals surface area contributed by atoms with E-state index in [-0.39, 0.29) is 30.2 Å². The number of hydrogen-bond acceptors (Lipinski definition) is 6. The second kappa shape index (κ2) is 10.9. The van der Waals surface area contributed by atoms with Crippen molar-refractivity contribution < 1.29 is 24.2 Å². The minimum Gasteiger partial charge on any atom is -0.494 e. The summed E-state index contributed by atoms with van der Waals surface area (Å²) in [4.78, 5) is 43.8. The van der Waals surface area contributed by atoms with Crippen LogP contribution in [0.4, 0.5) is 11.4 Å². The summed E-state index contributed by atoms with van der Waals surface area (Å²) in [6.07, 6.45) is 1.33. The molecule has 3 aliphatic rings. The van der Waals surface area contributed by atoms with Crippen LogP contribution < -0.4 is 15.4 Å². The molecular weight excluding hydrogens is 550 g/mol. The van der Waals surface area contributed by atoms with E-state index in [9.17, 15) is 19.5 Å². The Kier molecular flexibility index (Phi) is 7.85. The number of nitrogens with zero attached hydrogens (tertiary/aromatic N) is 1. The van der Waals surface area contributed by atoms with Crippen LogP contribution in [0, 0.1) is 17.8 Å². The van der Waals surface area contributed by atoms with Crippen molar-refractivity contribution in [2.45, 2.75) is 62.1 Å². The van der Waals surface area contributed by atoms with Gasteiger partial charge in [0.25, 0.3) is 0 Å². The second-order valence-electron chi connectivity index (χ2n) is 11.4. The van der Waals surface area contributed by atoms with Crippen LogP contribution in [-0.2, 0) is 14.4 Å². The number of carbonyl (C=O) groups excluding carboxylic acids is 3. The molecule has 0 aliphatic carbocycles. The largest absolute Gasteiger partial charge is 0.494 e. The van der Waals surface area contributed by atoms with Gasteiger partial charge in [-0.2, -0.15) is 0 Å². The van der Waals surface area contributed by atoms with Crippen LogP contribution in [0.25, 0.3) is 0 Å². The zero-order valence-corrected chi connectivity index (χ0v) is 24.7. The number of rotatable bonds is 9. The Bertz CT molecular complexity index is 1290. The molecule has 3 saturated heterocycles. The summed E-state index contributed by atoms with van der Waals surface area (Å²) in [6, 6.07) is 12.6. The van der Waals surface area contributed by atoms with Crippen molar-refractivity contribution in [2.24, 2.45) is 17.8 Å². The summed E-state index contributed by atoms with van der Waals surface area (Å²) in [6.45, 7) is 8.06. The average Bonchev–Trinajstić information content (AvgIpc) is 3.48. The molecule has 0 radical (unpaired) electrons. The molecule has 5 rings (SSSR count). The number of hydrogen-bond donors (Lipinski definition) is 3. The molecule has 2 aromatic carbocycles. The quantitative estimate of drug-likeness (QED) is 0.390. The normalized spacial score (nSPS) is 29.4. The molecule has 0 saturated carbocycles. The van der Waals surface area contributed by atoms with Gasteiger partial charge < -0.3 is 25.4 Å². The van der Waals surface area contributed by atoms with E-state index in [0.29, 0.717) is 41.6 Å². The fourth-order valence-electron chi connectivity index (χ4n) is 6.81. The summed E-state index contributed by atoms with van der Waals surface area (Å²) in [5, 5.41) is 16.9. The predicted molar refractivity (Wildman–Crippen MR) is 158 cm³/mol. The van der Waals surface area contributed by atoms with Crippen LogP contribution >= 0.6 is 23.4 Å². The zero-order chi connectivity index (χ0) is 28.8. The van der Waals surface area contributed by atoms with Crippen LogP contribution in [0.5, 0.6) is 5.75 Å². The number of nitrogens with one attached hydrogen (secondary N) is 2. The number of carbonyl (C=O) groups is 3. The average molecular weight is 586 g/mol. The van der Waals surface area contributed by atoms with Gasteiger partial charge in [0.15, 0.2) is 0 Å². The number of halogens is 1. The Morgan fingerprint density at radius 2 is 1.68 bits per heavy atom. The molecule has 3 aliphatic heterocycles. The summed E-state index contributed by atoms with van der Waals surface area (Å²) in [5.41, 5.74) is 1.19. The van der Waals surface area contributed by atoms with E-state index in [0.717, 1.165) is 0 Å². The van der Waals surface area contributed by atoms with E-state index in [1.165, 1.54) is 0 Å². The highest BCUT2D eigenvalue weighted by molar-refractivity contribution is 8.02. The standard InChI is InChI=1S/C30H36ClN3O5S/c1-5-39-21-12-10-20(11-13-21)32-26(36)23-24-28(38)34(22(16-35)17(2)3)25(30(24)15-14-29(23,4)40-30)27(37)33-19-8-6-18(31)7-9-19/h6-13,17,22-25,35H,5,14-16H2,1-4H3,(H,32,36)(H,33,37)/t22-,23-,24-,25?,29+,30?/m0/s1. The maximum absolute atomic E-state index is 14.3. The van der Waals surface area contributed by atoms with Crippen molar-refractivity contribution in [3.8, 4) is 5.75 Å². The molecule has 2 bridgehead atoms. The molecule has 8 nitrogen and oxygen atoms in total. The van der Waals surface area contributed by atoms with Crippen LogP contribution in [0.2, 0.25) is 5.02 Å². The van der Waals surface area contributed by atoms with Gasteiger partial charge in [-0.3, -0.25) is 14.4 Å². The van der Waals surface area contributed by atoms with Gasteiger partial charge in [0.05, 0.1) is 35.8 Å². The van der Waals surface area contributed by atoms with Gasteiger partial charge in [0.2, 0.25) is 17.7 Å². The number of likely N-dealkylation sites (tertiary alicyclic amines) is 1. The zero-order valence-electron chi connectivity index (χ0n) is 23.1. The lowest BCUT2D eigenvalue weighted by Gasteiger charge is -2.38. The van der Waals surface area contributed by atoms with E-state index >= 15 is 0 Å². The molecule has 6 atom stereocenters. The minimum atomic E-state index is -0.838. The molecule has 3 fully saturated rings. The number of aliphatic hydroxyl groups excluding tert-OH is 1. The van der Waals surface area contributed by atoms with E-state index in [4.69, 9.17) is 16.3 Å². The third-order valence-corrected chi connectivity index (χ3v) is 10.8. The Labute approximate surface area is 244 Å². The minimum absolute atomic E-state index is 0.0936. The van der Waals surface area contributed by atoms with Gasteiger partial charge in [0.1, 0.15) is 11.8 Å². The van der Waals surface area contributed by atoms with Crippen molar-refractivity contribution in [1.29, 1.82) is 0 Å². The Balaban J connectivity index is 1.50. The number of anilines is 2. The first-order valence-electron chi connectivity index (χ1n) is 13.8. The maximum Gasteiger partial charge on any atom is 0.248 e. The topological polar surface area (TPSA) is 108 Å². The second-order valence-corrected chi connectivity index (χ2v) is 13.7. The summed E-state index contributed by atoms with van der Waals surface area (Å²) in [5.74, 6) is -1.50. The van der Waals surface area contributed by atoms with Crippen molar-refractivity contribution in [2.75, 3.05) is 23.8 Å². The van der Waals surface area contributed by atoms with Crippen LogP contribution in [0.1, 0.15) is 40.5 Å². The van der Waals surface area contributed by atoms with E-state index in [1.54, 1.807) is 65.2 Å². The highest BCUT2D eigenvalue weighted by atomic mass is 35.5. The van der Waals surface area contributed by atoms with Gasteiger partial charge in [-0.15, -0.1) is 11.8 Å². The summed E-state index contributed by atoms with van der Waals surface area (Å²) >= 11 is 7.63. The predicted octanol–water partition coefficient (Wildman–Crippen LogP) is 4.81. The monoisotopic (exact) mass is 585 g/mol. The van der Waals surface area contributed by atoms with E-state index in [2.05, 4.69) is 10.6 Å². The Morgan fingerprint density at radius 1 is 1.07 bits per heavy atom. The van der Waals surface area contributed by atoms with Crippen LogP contribution in [0.15, 0.2) is 48.5 Å². The molecule has 2 unspecified atom stereocenters. The lowest BCUT2D eigenvalue weighted by atomic mass is 9.66. The molecule has 10 heteroatoms. The van der Waals surface area contributed by atoms with Gasteiger partial charge in [-0.1, -0.05) is 25.4 Å². The van der Waals surface area contributed by atoms with Crippen molar-refractivity contribution in [3.05, 3.63) is 53.6 Å². The SMILES string of the molecule is CCOc1ccc(NC(=O)[C@@H]2[C@H]3C(=O)N([C@@H](CO)C(C)C)C(C(=O)Nc4ccc(Cl)cc4)C34CC[C@@]2(C)S4)cc1. The number of ether oxygens (including phenoxy) is 1. The first-order valence-corrected chi connectivity index (χ1v) is 15.0. The maximum atomic E-state index is 14.3. The summed E-state index contributed by atoms with van der Waals surface area (Å²) in [7, 11) is 0. The molecule has 40 heavy (non-hydrogen) atoms. The molecule has 3 amide bonds. The lowest BCUT2D eigenvalue weighted by Crippen LogP contribution is -2.56. The number of amides is 3.